The fourth-order valence-electron chi connectivity index (χ4n) is 6.20. The highest BCUT2D eigenvalue weighted by Gasteiger charge is 2.27. The Morgan fingerprint density at radius 1 is 0.923 bits per heavy atom. The quantitative estimate of drug-likeness (QED) is 0.344. The lowest BCUT2D eigenvalue weighted by molar-refractivity contribution is -0.129. The molecule has 208 valence electrons. The van der Waals surface area contributed by atoms with Crippen LogP contribution in [-0.4, -0.2) is 67.3 Å². The summed E-state index contributed by atoms with van der Waals surface area (Å²) < 4.78 is 2.27. The third-order valence-electron chi connectivity index (χ3n) is 8.54. The van der Waals surface area contributed by atoms with E-state index in [1.54, 1.807) is 11.8 Å². The van der Waals surface area contributed by atoms with Gasteiger partial charge in [-0.15, -0.1) is 11.8 Å². The number of amides is 1. The third-order valence-corrected chi connectivity index (χ3v) is 9.54. The summed E-state index contributed by atoms with van der Waals surface area (Å²) in [4.78, 5) is 30.7. The van der Waals surface area contributed by atoms with E-state index in [2.05, 4.69) is 27.3 Å². The zero-order valence-electron chi connectivity index (χ0n) is 22.6. The minimum Gasteiger partial charge on any atom is -0.365 e. The van der Waals surface area contributed by atoms with E-state index >= 15 is 0 Å². The van der Waals surface area contributed by atoms with E-state index in [0.29, 0.717) is 29.8 Å². The minimum absolute atomic E-state index is 0.209. The summed E-state index contributed by atoms with van der Waals surface area (Å²) in [6.45, 7) is 1.51. The Hall–Kier alpha value is -2.85. The molecule has 9 nitrogen and oxygen atoms in total. The standard InChI is InChI=1S/C29H40N8OS/c30-20-10-12-21(13-11-20)33-29-34-27(26-28(35-29)37(19-31-26)23-6-4-5-7-23)32-22-14-16-36(17-15-22)25(38)18-39-24-8-2-1-3-9-24/h1-3,8-9,19-23H,4-7,10-18,30H2,(H2,32,33,34,35)/t20-,21-. The molecular formula is C29H40N8OS. The van der Waals surface area contributed by atoms with Crippen molar-refractivity contribution in [2.45, 2.75) is 93.3 Å². The molecule has 0 bridgehead atoms. The number of carbonyl (C=O) groups is 1. The summed E-state index contributed by atoms with van der Waals surface area (Å²) in [6, 6.07) is 11.5. The third kappa shape index (κ3) is 6.32. The molecule has 3 heterocycles. The van der Waals surface area contributed by atoms with Crippen molar-refractivity contribution in [3.8, 4) is 0 Å². The molecule has 0 radical (unpaired) electrons. The maximum Gasteiger partial charge on any atom is 0.232 e. The van der Waals surface area contributed by atoms with Crippen molar-refractivity contribution in [3.63, 3.8) is 0 Å². The Labute approximate surface area is 234 Å². The van der Waals surface area contributed by atoms with Crippen LogP contribution in [0.15, 0.2) is 41.6 Å². The monoisotopic (exact) mass is 548 g/mol. The minimum atomic E-state index is 0.209. The predicted octanol–water partition coefficient (Wildman–Crippen LogP) is 4.82. The summed E-state index contributed by atoms with van der Waals surface area (Å²) in [5, 5.41) is 7.31. The number of nitrogens with zero attached hydrogens (tertiary/aromatic N) is 5. The molecule has 1 saturated heterocycles. The average molecular weight is 549 g/mol. The number of thioether (sulfide) groups is 1. The largest absolute Gasteiger partial charge is 0.365 e. The van der Waals surface area contributed by atoms with E-state index in [4.69, 9.17) is 20.7 Å². The van der Waals surface area contributed by atoms with Gasteiger partial charge in [-0.1, -0.05) is 31.0 Å². The average Bonchev–Trinajstić information content (AvgIpc) is 3.64. The molecular weight excluding hydrogens is 508 g/mol. The second-order valence-electron chi connectivity index (χ2n) is 11.3. The number of benzene rings is 1. The first kappa shape index (κ1) is 26.4. The summed E-state index contributed by atoms with van der Waals surface area (Å²) >= 11 is 1.61. The van der Waals surface area contributed by atoms with Gasteiger partial charge in [0.2, 0.25) is 11.9 Å². The van der Waals surface area contributed by atoms with Crippen molar-refractivity contribution in [2.24, 2.45) is 5.73 Å². The zero-order valence-corrected chi connectivity index (χ0v) is 23.4. The number of aromatic nitrogens is 4. The molecule has 2 aromatic heterocycles. The summed E-state index contributed by atoms with van der Waals surface area (Å²) in [6.07, 6.45) is 12.8. The van der Waals surface area contributed by atoms with Crippen LogP contribution < -0.4 is 16.4 Å². The van der Waals surface area contributed by atoms with E-state index in [9.17, 15) is 4.79 Å². The van der Waals surface area contributed by atoms with Crippen molar-refractivity contribution in [2.75, 3.05) is 29.5 Å². The van der Waals surface area contributed by atoms with Crippen LogP contribution in [0.3, 0.4) is 0 Å². The van der Waals surface area contributed by atoms with Gasteiger partial charge < -0.3 is 25.8 Å². The van der Waals surface area contributed by atoms with Crippen molar-refractivity contribution < 1.29 is 4.79 Å². The van der Waals surface area contributed by atoms with Crippen molar-refractivity contribution in [3.05, 3.63) is 36.7 Å². The van der Waals surface area contributed by atoms with Crippen LogP contribution in [0.4, 0.5) is 11.8 Å². The molecule has 0 spiro atoms. The number of rotatable bonds is 8. The highest BCUT2D eigenvalue weighted by atomic mass is 32.2. The number of hydrogen-bond donors (Lipinski definition) is 3. The fraction of sp³-hybridized carbons (Fsp3) is 0.586. The van der Waals surface area contributed by atoms with Crippen molar-refractivity contribution in [1.29, 1.82) is 0 Å². The Balaban J connectivity index is 1.13. The molecule has 1 aromatic carbocycles. The van der Waals surface area contributed by atoms with Crippen LogP contribution in [0, 0.1) is 0 Å². The number of piperidine rings is 1. The van der Waals surface area contributed by atoms with Gasteiger partial charge in [-0.25, -0.2) is 4.98 Å². The zero-order chi connectivity index (χ0) is 26.6. The SMILES string of the molecule is N[C@H]1CC[C@H](Nc2nc(NC3CCN(C(=O)CSc4ccccc4)CC3)c3ncn(C4CCCC4)c3n2)CC1. The number of hydrogen-bond acceptors (Lipinski definition) is 8. The highest BCUT2D eigenvalue weighted by Crippen LogP contribution is 2.34. The lowest BCUT2D eigenvalue weighted by Crippen LogP contribution is -2.43. The molecule has 1 amide bonds. The molecule has 39 heavy (non-hydrogen) atoms. The Bertz CT molecular complexity index is 1240. The fourth-order valence-corrected chi connectivity index (χ4v) is 7.02. The molecule has 3 fully saturated rings. The smallest absolute Gasteiger partial charge is 0.232 e. The van der Waals surface area contributed by atoms with Gasteiger partial charge in [-0.2, -0.15) is 9.97 Å². The van der Waals surface area contributed by atoms with Crippen LogP contribution in [0.1, 0.15) is 70.3 Å². The van der Waals surface area contributed by atoms with E-state index < -0.39 is 0 Å². The van der Waals surface area contributed by atoms with Gasteiger partial charge in [0.05, 0.1) is 12.1 Å². The van der Waals surface area contributed by atoms with E-state index in [-0.39, 0.29) is 11.9 Å². The Morgan fingerprint density at radius 3 is 2.38 bits per heavy atom. The van der Waals surface area contributed by atoms with Crippen molar-refractivity contribution in [1.82, 2.24) is 24.4 Å². The normalized spacial score (nSPS) is 22.8. The van der Waals surface area contributed by atoms with Gasteiger partial charge in [0.15, 0.2) is 17.0 Å². The van der Waals surface area contributed by atoms with Crippen LogP contribution >= 0.6 is 11.8 Å². The first-order valence-electron chi connectivity index (χ1n) is 14.6. The molecule has 3 aliphatic rings. The first-order chi connectivity index (χ1) is 19.1. The molecule has 2 aliphatic carbocycles. The molecule has 6 rings (SSSR count). The van der Waals surface area contributed by atoms with Gasteiger partial charge in [0, 0.05) is 42.2 Å². The van der Waals surface area contributed by atoms with E-state index in [1.165, 1.54) is 25.7 Å². The molecule has 10 heteroatoms. The number of carbonyl (C=O) groups excluding carboxylic acids is 1. The maximum atomic E-state index is 12.8. The molecule has 1 aliphatic heterocycles. The van der Waals surface area contributed by atoms with Crippen LogP contribution in [0.5, 0.6) is 0 Å². The summed E-state index contributed by atoms with van der Waals surface area (Å²) in [5.41, 5.74) is 7.89. The predicted molar refractivity (Wildman–Crippen MR) is 157 cm³/mol. The van der Waals surface area contributed by atoms with Crippen molar-refractivity contribution >= 4 is 40.6 Å². The molecule has 0 unspecified atom stereocenters. The van der Waals surface area contributed by atoms with Gasteiger partial charge in [0.25, 0.3) is 0 Å². The number of likely N-dealkylation sites (tertiary alicyclic amines) is 1. The lowest BCUT2D eigenvalue weighted by atomic mass is 9.92. The van der Waals surface area contributed by atoms with Gasteiger partial charge >= 0.3 is 0 Å². The van der Waals surface area contributed by atoms with E-state index in [0.717, 1.165) is 73.5 Å². The topological polar surface area (TPSA) is 114 Å². The molecule has 3 aromatic rings. The van der Waals surface area contributed by atoms with Crippen LogP contribution in [0.25, 0.3) is 11.2 Å². The highest BCUT2D eigenvalue weighted by molar-refractivity contribution is 8.00. The number of nitrogens with one attached hydrogen (secondary N) is 2. The number of fused-ring (bicyclic) bond motifs is 1. The van der Waals surface area contributed by atoms with Crippen LogP contribution in [0.2, 0.25) is 0 Å². The lowest BCUT2D eigenvalue weighted by Gasteiger charge is -2.33. The molecule has 2 saturated carbocycles. The van der Waals surface area contributed by atoms with Gasteiger partial charge in [0.1, 0.15) is 0 Å². The Kier molecular flexibility index (Phi) is 8.20. The number of anilines is 2. The maximum absolute atomic E-state index is 12.8. The summed E-state index contributed by atoms with van der Waals surface area (Å²) in [5.74, 6) is 2.17. The molecule has 0 atom stereocenters. The number of nitrogens with two attached hydrogens (primary N) is 1. The first-order valence-corrected chi connectivity index (χ1v) is 15.6. The second kappa shape index (κ2) is 12.1. The van der Waals surface area contributed by atoms with E-state index in [1.807, 2.05) is 29.4 Å². The second-order valence-corrected chi connectivity index (χ2v) is 12.4. The summed E-state index contributed by atoms with van der Waals surface area (Å²) in [7, 11) is 0. The Morgan fingerprint density at radius 2 is 1.64 bits per heavy atom. The molecule has 4 N–H and O–H groups in total. The van der Waals surface area contributed by atoms with Gasteiger partial charge in [-0.3, -0.25) is 4.79 Å². The number of imidazole rings is 1. The van der Waals surface area contributed by atoms with Gasteiger partial charge in [-0.05, 0) is 63.5 Å². The van der Waals surface area contributed by atoms with Crippen LogP contribution in [-0.2, 0) is 4.79 Å².